The molecule has 5 nitrogen and oxygen atoms in total. The second kappa shape index (κ2) is 5.07. The zero-order valence-electron chi connectivity index (χ0n) is 8.94. The van der Waals surface area contributed by atoms with Crippen molar-refractivity contribution in [2.75, 3.05) is 0 Å². The van der Waals surface area contributed by atoms with Crippen molar-refractivity contribution in [1.82, 2.24) is 20.1 Å². The van der Waals surface area contributed by atoms with Gasteiger partial charge < -0.3 is 15.0 Å². The summed E-state index contributed by atoms with van der Waals surface area (Å²) in [4.78, 5) is 0. The summed E-state index contributed by atoms with van der Waals surface area (Å²) in [6.45, 7) is 4.52. The number of hydrogen-bond acceptors (Lipinski definition) is 4. The maximum absolute atomic E-state index is 9.16. The molecule has 0 bridgehead atoms. The first-order valence-electron chi connectivity index (χ1n) is 4.84. The third-order valence-corrected chi connectivity index (χ3v) is 2.11. The average Bonchev–Trinajstić information content (AvgIpc) is 2.46. The lowest BCUT2D eigenvalue weighted by molar-refractivity contribution is 0.170. The largest absolute Gasteiger partial charge is 0.393 e. The topological polar surface area (TPSA) is 63.0 Å². The molecule has 80 valence electrons. The molecule has 14 heavy (non-hydrogen) atoms. The lowest BCUT2D eigenvalue weighted by Crippen LogP contribution is -2.29. The predicted octanol–water partition coefficient (Wildman–Crippen LogP) is 0.0641. The van der Waals surface area contributed by atoms with Gasteiger partial charge in [0.05, 0.1) is 12.6 Å². The number of rotatable bonds is 5. The Hall–Kier alpha value is -0.940. The van der Waals surface area contributed by atoms with Crippen LogP contribution in [0.1, 0.15) is 26.1 Å². The summed E-state index contributed by atoms with van der Waals surface area (Å²) in [5.41, 5.74) is 0. The molecular formula is C9H18N4O. The summed E-state index contributed by atoms with van der Waals surface area (Å²) in [5.74, 6) is 0.905. The molecule has 1 heterocycles. The first-order valence-corrected chi connectivity index (χ1v) is 4.84. The molecule has 0 saturated carbocycles. The van der Waals surface area contributed by atoms with Crippen LogP contribution in [0.3, 0.4) is 0 Å². The molecule has 1 aromatic rings. The van der Waals surface area contributed by atoms with E-state index in [0.29, 0.717) is 6.54 Å². The van der Waals surface area contributed by atoms with Gasteiger partial charge in [0.15, 0.2) is 0 Å². The summed E-state index contributed by atoms with van der Waals surface area (Å²) in [5, 5.41) is 20.2. The van der Waals surface area contributed by atoms with E-state index in [2.05, 4.69) is 15.5 Å². The minimum atomic E-state index is -0.267. The number of aryl methyl sites for hydroxylation is 1. The molecule has 0 aromatic carbocycles. The molecule has 0 radical (unpaired) electrons. The van der Waals surface area contributed by atoms with Crippen molar-refractivity contribution in [2.45, 2.75) is 39.0 Å². The Kier molecular flexibility index (Phi) is 4.03. The van der Waals surface area contributed by atoms with Crippen molar-refractivity contribution in [3.05, 3.63) is 12.2 Å². The van der Waals surface area contributed by atoms with Crippen LogP contribution in [0.2, 0.25) is 0 Å². The summed E-state index contributed by atoms with van der Waals surface area (Å²) in [6.07, 6.45) is 2.16. The summed E-state index contributed by atoms with van der Waals surface area (Å²) >= 11 is 0. The minimum absolute atomic E-state index is 0.267. The third-order valence-electron chi connectivity index (χ3n) is 2.11. The Morgan fingerprint density at radius 3 is 2.79 bits per heavy atom. The summed E-state index contributed by atoms with van der Waals surface area (Å²) in [7, 11) is 1.91. The van der Waals surface area contributed by atoms with Gasteiger partial charge in [-0.1, -0.05) is 0 Å². The Morgan fingerprint density at radius 1 is 1.57 bits per heavy atom. The quantitative estimate of drug-likeness (QED) is 0.702. The number of aliphatic hydroxyl groups is 1. The van der Waals surface area contributed by atoms with Crippen molar-refractivity contribution in [1.29, 1.82) is 0 Å². The Balaban J connectivity index is 2.30. The molecule has 1 aromatic heterocycles. The fourth-order valence-corrected chi connectivity index (χ4v) is 1.33. The zero-order chi connectivity index (χ0) is 10.6. The van der Waals surface area contributed by atoms with Crippen LogP contribution < -0.4 is 5.32 Å². The first kappa shape index (κ1) is 11.1. The van der Waals surface area contributed by atoms with Gasteiger partial charge in [0, 0.05) is 13.1 Å². The Labute approximate surface area is 84.2 Å². The van der Waals surface area contributed by atoms with Crippen LogP contribution in [0.15, 0.2) is 6.33 Å². The Bertz CT molecular complexity index is 272. The summed E-state index contributed by atoms with van der Waals surface area (Å²) < 4.78 is 1.88. The maximum Gasteiger partial charge on any atom is 0.146 e. The van der Waals surface area contributed by atoms with Gasteiger partial charge in [-0.3, -0.25) is 0 Å². The number of nitrogens with zero attached hydrogens (tertiary/aromatic N) is 3. The molecular weight excluding hydrogens is 180 g/mol. The van der Waals surface area contributed by atoms with E-state index in [1.165, 1.54) is 0 Å². The fraction of sp³-hybridized carbons (Fsp3) is 0.778. The molecule has 5 heteroatoms. The van der Waals surface area contributed by atoms with E-state index in [1.807, 2.05) is 18.5 Å². The second-order valence-electron chi connectivity index (χ2n) is 3.72. The monoisotopic (exact) mass is 198 g/mol. The average molecular weight is 198 g/mol. The van der Waals surface area contributed by atoms with Gasteiger partial charge in [-0.05, 0) is 20.3 Å². The number of aliphatic hydroxyl groups excluding tert-OH is 1. The van der Waals surface area contributed by atoms with Gasteiger partial charge in [0.1, 0.15) is 12.2 Å². The molecule has 2 atom stereocenters. The number of aromatic nitrogens is 3. The Morgan fingerprint density at radius 2 is 2.29 bits per heavy atom. The van der Waals surface area contributed by atoms with E-state index in [1.54, 1.807) is 13.3 Å². The van der Waals surface area contributed by atoms with E-state index < -0.39 is 0 Å². The SMILES string of the molecule is CC(O)CC(C)NCc1nncn1C. The number of hydrogen-bond donors (Lipinski definition) is 2. The summed E-state index contributed by atoms with van der Waals surface area (Å²) in [6, 6.07) is 0.284. The highest BCUT2D eigenvalue weighted by Gasteiger charge is 2.07. The predicted molar refractivity (Wildman–Crippen MR) is 53.6 cm³/mol. The number of nitrogens with one attached hydrogen (secondary N) is 1. The van der Waals surface area contributed by atoms with Gasteiger partial charge in [0.25, 0.3) is 0 Å². The van der Waals surface area contributed by atoms with Crippen LogP contribution in [0.4, 0.5) is 0 Å². The van der Waals surface area contributed by atoms with Gasteiger partial charge >= 0.3 is 0 Å². The van der Waals surface area contributed by atoms with Crippen LogP contribution in [0.25, 0.3) is 0 Å². The van der Waals surface area contributed by atoms with Gasteiger partial charge in [0.2, 0.25) is 0 Å². The van der Waals surface area contributed by atoms with Gasteiger partial charge in [-0.15, -0.1) is 10.2 Å². The molecule has 0 fully saturated rings. The normalized spacial score (nSPS) is 15.4. The van der Waals surface area contributed by atoms with Crippen molar-refractivity contribution in [2.24, 2.45) is 7.05 Å². The van der Waals surface area contributed by atoms with Gasteiger partial charge in [-0.25, -0.2) is 0 Å². The van der Waals surface area contributed by atoms with E-state index in [-0.39, 0.29) is 12.1 Å². The van der Waals surface area contributed by atoms with E-state index in [4.69, 9.17) is 5.11 Å². The smallest absolute Gasteiger partial charge is 0.146 e. The highest BCUT2D eigenvalue weighted by atomic mass is 16.3. The highest BCUT2D eigenvalue weighted by Crippen LogP contribution is 1.98. The molecule has 0 saturated heterocycles. The minimum Gasteiger partial charge on any atom is -0.393 e. The highest BCUT2D eigenvalue weighted by molar-refractivity contribution is 4.84. The first-order chi connectivity index (χ1) is 6.59. The fourth-order valence-electron chi connectivity index (χ4n) is 1.33. The molecule has 0 aliphatic heterocycles. The van der Waals surface area contributed by atoms with E-state index in [9.17, 15) is 0 Å². The third kappa shape index (κ3) is 3.43. The van der Waals surface area contributed by atoms with Crippen LogP contribution >= 0.6 is 0 Å². The van der Waals surface area contributed by atoms with Crippen LogP contribution in [-0.4, -0.2) is 32.0 Å². The van der Waals surface area contributed by atoms with Crippen molar-refractivity contribution in [3.8, 4) is 0 Å². The van der Waals surface area contributed by atoms with Crippen LogP contribution in [0.5, 0.6) is 0 Å². The van der Waals surface area contributed by atoms with Gasteiger partial charge in [-0.2, -0.15) is 0 Å². The molecule has 2 unspecified atom stereocenters. The molecule has 0 amide bonds. The molecule has 2 N–H and O–H groups in total. The lowest BCUT2D eigenvalue weighted by atomic mass is 10.1. The molecule has 0 spiro atoms. The zero-order valence-corrected chi connectivity index (χ0v) is 8.94. The van der Waals surface area contributed by atoms with Crippen molar-refractivity contribution >= 4 is 0 Å². The molecule has 0 aliphatic carbocycles. The van der Waals surface area contributed by atoms with E-state index in [0.717, 1.165) is 12.2 Å². The molecule has 0 aliphatic rings. The van der Waals surface area contributed by atoms with Crippen molar-refractivity contribution in [3.63, 3.8) is 0 Å². The second-order valence-corrected chi connectivity index (χ2v) is 3.72. The van der Waals surface area contributed by atoms with E-state index >= 15 is 0 Å². The standard InChI is InChI=1S/C9H18N4O/c1-7(4-8(2)14)10-5-9-12-11-6-13(9)3/h6-8,10,14H,4-5H2,1-3H3. The van der Waals surface area contributed by atoms with Crippen LogP contribution in [0, 0.1) is 0 Å². The molecule has 1 rings (SSSR count). The maximum atomic E-state index is 9.16. The van der Waals surface area contributed by atoms with Crippen molar-refractivity contribution < 1.29 is 5.11 Å². The van der Waals surface area contributed by atoms with Crippen LogP contribution in [-0.2, 0) is 13.6 Å². The lowest BCUT2D eigenvalue weighted by Gasteiger charge is -2.14.